The van der Waals surface area contributed by atoms with E-state index in [0.717, 1.165) is 20.6 Å². The maximum Gasteiger partial charge on any atom is 0.0757 e. The third-order valence-corrected chi connectivity index (χ3v) is 6.23. The number of thiophene rings is 1. The molecule has 2 rings (SSSR count). The van der Waals surface area contributed by atoms with Crippen LogP contribution in [-0.2, 0) is 11.2 Å². The van der Waals surface area contributed by atoms with E-state index in [1.165, 1.54) is 16.7 Å². The highest BCUT2D eigenvalue weighted by atomic mass is 79.9. The van der Waals surface area contributed by atoms with Gasteiger partial charge in [-0.15, -0.1) is 11.3 Å². The summed E-state index contributed by atoms with van der Waals surface area (Å²) in [6, 6.07) is 10.8. The number of rotatable bonds is 5. The molecule has 0 aliphatic carbocycles. The first-order valence-electron chi connectivity index (χ1n) is 5.78. The second-order valence-corrected chi connectivity index (χ2v) is 8.79. The summed E-state index contributed by atoms with van der Waals surface area (Å²) in [5, 5.41) is 0. The van der Waals surface area contributed by atoms with Crippen molar-refractivity contribution in [3.8, 4) is 0 Å². The third kappa shape index (κ3) is 4.14. The Labute approximate surface area is 142 Å². The Morgan fingerprint density at radius 1 is 1.21 bits per heavy atom. The second kappa shape index (κ2) is 7.36. The molecule has 0 spiro atoms. The van der Waals surface area contributed by atoms with Crippen LogP contribution in [0.4, 0.5) is 0 Å². The zero-order valence-electron chi connectivity index (χ0n) is 10.3. The van der Waals surface area contributed by atoms with Crippen LogP contribution in [0.5, 0.6) is 0 Å². The largest absolute Gasteiger partial charge is 0.384 e. The molecular formula is C14H13Br3OS. The summed E-state index contributed by atoms with van der Waals surface area (Å²) in [6.07, 6.45) is 0.956. The first-order valence-corrected chi connectivity index (χ1v) is 9.10. The van der Waals surface area contributed by atoms with E-state index in [1.54, 1.807) is 18.4 Å². The normalized spacial score (nSPS) is 12.6. The van der Waals surface area contributed by atoms with Gasteiger partial charge in [0.2, 0.25) is 0 Å². The summed E-state index contributed by atoms with van der Waals surface area (Å²) in [5.41, 5.74) is 3.81. The minimum absolute atomic E-state index is 0.209. The molecule has 0 amide bonds. The zero-order chi connectivity index (χ0) is 13.8. The van der Waals surface area contributed by atoms with Crippen molar-refractivity contribution in [1.82, 2.24) is 0 Å². The average molecular weight is 469 g/mol. The van der Waals surface area contributed by atoms with Crippen LogP contribution < -0.4 is 0 Å². The summed E-state index contributed by atoms with van der Waals surface area (Å²) in [7, 11) is 1.73. The Morgan fingerprint density at radius 2 is 1.89 bits per heavy atom. The van der Waals surface area contributed by atoms with Crippen molar-refractivity contribution in [3.63, 3.8) is 0 Å². The monoisotopic (exact) mass is 466 g/mol. The predicted molar refractivity (Wildman–Crippen MR) is 92.5 cm³/mol. The van der Waals surface area contributed by atoms with Crippen molar-refractivity contribution in [1.29, 1.82) is 0 Å². The van der Waals surface area contributed by atoms with Crippen molar-refractivity contribution >= 4 is 59.1 Å². The van der Waals surface area contributed by atoms with E-state index in [4.69, 9.17) is 4.74 Å². The maximum atomic E-state index is 5.09. The summed E-state index contributed by atoms with van der Waals surface area (Å²) < 4.78 is 7.38. The van der Waals surface area contributed by atoms with Crippen molar-refractivity contribution in [2.45, 2.75) is 11.2 Å². The first kappa shape index (κ1) is 15.7. The average Bonchev–Trinajstić information content (AvgIpc) is 2.75. The quantitative estimate of drug-likeness (QED) is 0.493. The topological polar surface area (TPSA) is 9.23 Å². The van der Waals surface area contributed by atoms with Crippen molar-refractivity contribution < 1.29 is 4.74 Å². The van der Waals surface area contributed by atoms with Crippen LogP contribution in [0.25, 0.3) is 0 Å². The van der Waals surface area contributed by atoms with Gasteiger partial charge in [0, 0.05) is 7.11 Å². The highest BCUT2D eigenvalue weighted by molar-refractivity contribution is 9.12. The molecule has 5 heteroatoms. The molecule has 0 fully saturated rings. The van der Waals surface area contributed by atoms with Crippen molar-refractivity contribution in [2.75, 3.05) is 13.7 Å². The van der Waals surface area contributed by atoms with Crippen LogP contribution in [0.15, 0.2) is 37.9 Å². The van der Waals surface area contributed by atoms with Gasteiger partial charge in [-0.1, -0.05) is 40.2 Å². The summed E-state index contributed by atoms with van der Waals surface area (Å²) in [5.74, 6) is 0. The number of halogens is 3. The van der Waals surface area contributed by atoms with Gasteiger partial charge in [0.25, 0.3) is 0 Å². The molecule has 0 aliphatic heterocycles. The van der Waals surface area contributed by atoms with Crippen LogP contribution in [0.2, 0.25) is 0 Å². The Morgan fingerprint density at radius 3 is 2.42 bits per heavy atom. The number of hydrogen-bond donors (Lipinski definition) is 0. The maximum absolute atomic E-state index is 5.09. The molecule has 0 saturated carbocycles. The van der Waals surface area contributed by atoms with Crippen molar-refractivity contribution in [3.05, 3.63) is 54.6 Å². The van der Waals surface area contributed by atoms with Crippen LogP contribution >= 0.6 is 59.1 Å². The molecule has 0 aliphatic rings. The number of methoxy groups -OCH3 is 1. The fourth-order valence-electron chi connectivity index (χ4n) is 1.78. The van der Waals surface area contributed by atoms with Crippen LogP contribution in [0.1, 0.15) is 21.5 Å². The van der Waals surface area contributed by atoms with Crippen molar-refractivity contribution in [2.24, 2.45) is 0 Å². The van der Waals surface area contributed by atoms with E-state index in [2.05, 4.69) is 78.1 Å². The first-order chi connectivity index (χ1) is 9.11. The highest BCUT2D eigenvalue weighted by Gasteiger charge is 2.16. The van der Waals surface area contributed by atoms with Gasteiger partial charge in [-0.3, -0.25) is 0 Å². The number of hydrogen-bond acceptors (Lipinski definition) is 2. The van der Waals surface area contributed by atoms with Gasteiger partial charge < -0.3 is 4.74 Å². The molecule has 0 bridgehead atoms. The summed E-state index contributed by atoms with van der Waals surface area (Å²) >= 11 is 12.6. The van der Waals surface area contributed by atoms with Gasteiger partial charge in [-0.25, -0.2) is 0 Å². The lowest BCUT2D eigenvalue weighted by Crippen LogP contribution is -1.96. The molecule has 0 N–H and O–H groups in total. The Kier molecular flexibility index (Phi) is 6.09. The van der Waals surface area contributed by atoms with Gasteiger partial charge in [0.1, 0.15) is 0 Å². The SMILES string of the molecule is COCCc1ccc(C(Br)c2cc(Br)sc2Br)cc1. The molecule has 102 valence electrons. The van der Waals surface area contributed by atoms with Gasteiger partial charge in [0.15, 0.2) is 0 Å². The Hall–Kier alpha value is 0.320. The highest BCUT2D eigenvalue weighted by Crippen LogP contribution is 2.41. The smallest absolute Gasteiger partial charge is 0.0757 e. The lowest BCUT2D eigenvalue weighted by Gasteiger charge is -2.10. The molecule has 1 unspecified atom stereocenters. The number of benzene rings is 1. The van der Waals surface area contributed by atoms with Gasteiger partial charge in [-0.2, -0.15) is 0 Å². The molecular weight excluding hydrogens is 456 g/mol. The molecule has 19 heavy (non-hydrogen) atoms. The molecule has 1 nitrogen and oxygen atoms in total. The second-order valence-electron chi connectivity index (χ2n) is 4.13. The Balaban J connectivity index is 2.15. The van der Waals surface area contributed by atoms with E-state index in [0.29, 0.717) is 0 Å². The number of ether oxygens (including phenoxy) is 1. The molecule has 1 aromatic heterocycles. The molecule has 1 atom stereocenters. The lowest BCUT2D eigenvalue weighted by molar-refractivity contribution is 0.202. The third-order valence-electron chi connectivity index (χ3n) is 2.82. The summed E-state index contributed by atoms with van der Waals surface area (Å²) in [6.45, 7) is 0.764. The zero-order valence-corrected chi connectivity index (χ0v) is 15.9. The predicted octanol–water partition coefficient (Wildman–Crippen LogP) is 5.95. The fraction of sp³-hybridized carbons (Fsp3) is 0.286. The molecule has 0 saturated heterocycles. The van der Waals surface area contributed by atoms with E-state index in [1.807, 2.05) is 0 Å². The summed E-state index contributed by atoms with van der Waals surface area (Å²) in [4.78, 5) is 0.209. The lowest BCUT2D eigenvalue weighted by atomic mass is 10.0. The molecule has 2 aromatic rings. The molecule has 0 radical (unpaired) electrons. The van der Waals surface area contributed by atoms with Crippen LogP contribution in [0, 0.1) is 0 Å². The van der Waals surface area contributed by atoms with Gasteiger partial charge >= 0.3 is 0 Å². The van der Waals surface area contributed by atoms with E-state index >= 15 is 0 Å². The van der Waals surface area contributed by atoms with E-state index in [-0.39, 0.29) is 4.83 Å². The molecule has 1 aromatic carbocycles. The minimum Gasteiger partial charge on any atom is -0.384 e. The van der Waals surface area contributed by atoms with E-state index < -0.39 is 0 Å². The van der Waals surface area contributed by atoms with Crippen LogP contribution in [-0.4, -0.2) is 13.7 Å². The van der Waals surface area contributed by atoms with Gasteiger partial charge in [-0.05, 0) is 61.0 Å². The molecule has 1 heterocycles. The van der Waals surface area contributed by atoms with Gasteiger partial charge in [0.05, 0.1) is 19.0 Å². The fourth-order valence-corrected chi connectivity index (χ4v) is 5.81. The number of alkyl halides is 1. The van der Waals surface area contributed by atoms with E-state index in [9.17, 15) is 0 Å². The minimum atomic E-state index is 0.209. The standard InChI is InChI=1S/C14H13Br3OS/c1-18-7-6-9-2-4-10(5-3-9)13(16)11-8-12(15)19-14(11)17/h2-5,8,13H,6-7H2,1H3. The van der Waals surface area contributed by atoms with Crippen LogP contribution in [0.3, 0.4) is 0 Å². The Bertz CT molecular complexity index is 536.